The highest BCUT2D eigenvalue weighted by atomic mass is 16.5. The summed E-state index contributed by atoms with van der Waals surface area (Å²) in [5.41, 5.74) is 3.60. The lowest BCUT2D eigenvalue weighted by molar-refractivity contribution is 0.0945. The average molecular weight is 347 g/mol. The zero-order valence-electron chi connectivity index (χ0n) is 14.8. The molecule has 1 aliphatic carbocycles. The van der Waals surface area contributed by atoms with Gasteiger partial charge in [-0.2, -0.15) is 5.10 Å². The van der Waals surface area contributed by atoms with Gasteiger partial charge >= 0.3 is 0 Å². The monoisotopic (exact) mass is 347 g/mol. The molecule has 132 valence electrons. The van der Waals surface area contributed by atoms with E-state index in [9.17, 15) is 4.79 Å². The number of ether oxygens (including phenoxy) is 1. The standard InChI is InChI=1S/C21H21N3O2/c1-14-8-9-20(26-2)19(12-14)24-11-10-17(23-24)21(25)22-18-13-16(18)15-6-4-3-5-7-15/h3-12,16,18H,13H2,1-2H3,(H,22,25)/t16-,18+/m0/s1. The third kappa shape index (κ3) is 3.20. The molecule has 1 aliphatic rings. The van der Waals surface area contributed by atoms with Crippen LogP contribution in [-0.2, 0) is 0 Å². The Morgan fingerprint density at radius 3 is 2.77 bits per heavy atom. The van der Waals surface area contributed by atoms with Crippen molar-refractivity contribution in [1.82, 2.24) is 15.1 Å². The molecule has 26 heavy (non-hydrogen) atoms. The van der Waals surface area contributed by atoms with Crippen LogP contribution in [-0.4, -0.2) is 28.8 Å². The molecule has 0 unspecified atom stereocenters. The van der Waals surface area contributed by atoms with Crippen LogP contribution in [0.2, 0.25) is 0 Å². The van der Waals surface area contributed by atoms with Crippen LogP contribution >= 0.6 is 0 Å². The summed E-state index contributed by atoms with van der Waals surface area (Å²) in [7, 11) is 1.63. The average Bonchev–Trinajstić information content (AvgIpc) is 3.25. The fourth-order valence-corrected chi connectivity index (χ4v) is 3.22. The van der Waals surface area contributed by atoms with Crippen molar-refractivity contribution in [2.75, 3.05) is 7.11 Å². The summed E-state index contributed by atoms with van der Waals surface area (Å²) in [6.45, 7) is 2.01. The van der Waals surface area contributed by atoms with E-state index in [2.05, 4.69) is 22.5 Å². The summed E-state index contributed by atoms with van der Waals surface area (Å²) in [6.07, 6.45) is 2.76. The number of benzene rings is 2. The Bertz CT molecular complexity index is 933. The Morgan fingerprint density at radius 1 is 1.19 bits per heavy atom. The van der Waals surface area contributed by atoms with E-state index >= 15 is 0 Å². The molecule has 3 aromatic rings. The van der Waals surface area contributed by atoms with Crippen molar-refractivity contribution in [2.24, 2.45) is 0 Å². The van der Waals surface area contributed by atoms with Crippen LogP contribution in [0.15, 0.2) is 60.8 Å². The maximum absolute atomic E-state index is 12.5. The molecule has 1 aromatic heterocycles. The molecule has 5 heteroatoms. The second-order valence-electron chi connectivity index (χ2n) is 6.65. The van der Waals surface area contributed by atoms with Gasteiger partial charge in [-0.15, -0.1) is 0 Å². The molecule has 2 aromatic carbocycles. The van der Waals surface area contributed by atoms with Crippen molar-refractivity contribution in [2.45, 2.75) is 25.3 Å². The highest BCUT2D eigenvalue weighted by Gasteiger charge is 2.39. The van der Waals surface area contributed by atoms with Gasteiger partial charge in [0.2, 0.25) is 0 Å². The minimum Gasteiger partial charge on any atom is -0.494 e. The quantitative estimate of drug-likeness (QED) is 0.769. The zero-order valence-corrected chi connectivity index (χ0v) is 14.8. The number of carbonyl (C=O) groups excluding carboxylic acids is 1. The van der Waals surface area contributed by atoms with Gasteiger partial charge in [0, 0.05) is 18.2 Å². The molecule has 1 fully saturated rings. The first-order valence-electron chi connectivity index (χ1n) is 8.72. The van der Waals surface area contributed by atoms with E-state index in [4.69, 9.17) is 4.74 Å². The lowest BCUT2D eigenvalue weighted by Crippen LogP contribution is -2.27. The number of nitrogens with zero attached hydrogens (tertiary/aromatic N) is 2. The normalized spacial score (nSPS) is 18.4. The molecule has 0 aliphatic heterocycles. The Kier molecular flexibility index (Phi) is 4.21. The largest absolute Gasteiger partial charge is 0.494 e. The van der Waals surface area contributed by atoms with Crippen molar-refractivity contribution in [1.29, 1.82) is 0 Å². The molecule has 1 saturated carbocycles. The molecule has 5 nitrogen and oxygen atoms in total. The number of nitrogens with one attached hydrogen (secondary N) is 1. The fraction of sp³-hybridized carbons (Fsp3) is 0.238. The van der Waals surface area contributed by atoms with E-state index in [1.807, 2.05) is 43.3 Å². The van der Waals surface area contributed by atoms with E-state index < -0.39 is 0 Å². The molecule has 1 N–H and O–H groups in total. The van der Waals surface area contributed by atoms with Gasteiger partial charge < -0.3 is 10.1 Å². The number of carbonyl (C=O) groups is 1. The van der Waals surface area contributed by atoms with Gasteiger partial charge in [-0.3, -0.25) is 4.79 Å². The van der Waals surface area contributed by atoms with Crippen LogP contribution < -0.4 is 10.1 Å². The second-order valence-corrected chi connectivity index (χ2v) is 6.65. The first-order valence-corrected chi connectivity index (χ1v) is 8.72. The Morgan fingerprint density at radius 2 is 2.00 bits per heavy atom. The van der Waals surface area contributed by atoms with Crippen LogP contribution in [0.5, 0.6) is 5.75 Å². The first-order chi connectivity index (χ1) is 12.7. The van der Waals surface area contributed by atoms with Crippen molar-refractivity contribution < 1.29 is 9.53 Å². The number of hydrogen-bond acceptors (Lipinski definition) is 3. The number of amides is 1. The molecule has 0 spiro atoms. The third-order valence-corrected chi connectivity index (χ3v) is 4.74. The van der Waals surface area contributed by atoms with Crippen LogP contribution in [0.3, 0.4) is 0 Å². The van der Waals surface area contributed by atoms with Crippen molar-refractivity contribution in [3.05, 3.63) is 77.6 Å². The molecular formula is C21H21N3O2. The molecule has 1 heterocycles. The molecule has 0 saturated heterocycles. The molecule has 0 radical (unpaired) electrons. The molecule has 0 bridgehead atoms. The molecule has 4 rings (SSSR count). The summed E-state index contributed by atoms with van der Waals surface area (Å²) < 4.78 is 7.08. The van der Waals surface area contributed by atoms with Crippen LogP contribution in [0.25, 0.3) is 5.69 Å². The number of aromatic nitrogens is 2. The zero-order chi connectivity index (χ0) is 18.1. The number of methoxy groups -OCH3 is 1. The minimum absolute atomic E-state index is 0.140. The summed E-state index contributed by atoms with van der Waals surface area (Å²) >= 11 is 0. The second kappa shape index (κ2) is 6.67. The summed E-state index contributed by atoms with van der Waals surface area (Å²) in [6, 6.07) is 18.1. The van der Waals surface area contributed by atoms with Gasteiger partial charge in [0.05, 0.1) is 7.11 Å². The molecule has 2 atom stereocenters. The third-order valence-electron chi connectivity index (χ3n) is 4.74. The Balaban J connectivity index is 1.47. The van der Waals surface area contributed by atoms with E-state index in [1.54, 1.807) is 24.1 Å². The predicted molar refractivity (Wildman–Crippen MR) is 99.9 cm³/mol. The van der Waals surface area contributed by atoms with Gasteiger partial charge in [0.1, 0.15) is 11.4 Å². The lowest BCUT2D eigenvalue weighted by atomic mass is 10.1. The number of hydrogen-bond donors (Lipinski definition) is 1. The maximum atomic E-state index is 12.5. The highest BCUT2D eigenvalue weighted by molar-refractivity contribution is 5.92. The number of aryl methyl sites for hydroxylation is 1. The highest BCUT2D eigenvalue weighted by Crippen LogP contribution is 2.40. The summed E-state index contributed by atoms with van der Waals surface area (Å²) in [5.74, 6) is 0.981. The Labute approximate surface area is 152 Å². The number of rotatable bonds is 5. The van der Waals surface area contributed by atoms with E-state index in [0.717, 1.165) is 23.4 Å². The van der Waals surface area contributed by atoms with Gasteiger partial charge in [-0.05, 0) is 42.7 Å². The SMILES string of the molecule is COc1ccc(C)cc1-n1ccc(C(=O)N[C@@H]2C[C@H]2c2ccccc2)n1. The first kappa shape index (κ1) is 16.4. The summed E-state index contributed by atoms with van der Waals surface area (Å²) in [5, 5.41) is 7.51. The topological polar surface area (TPSA) is 56.1 Å². The van der Waals surface area contributed by atoms with Gasteiger partial charge in [0.15, 0.2) is 5.69 Å². The van der Waals surface area contributed by atoms with E-state index in [1.165, 1.54) is 5.56 Å². The Hall–Kier alpha value is -3.08. The van der Waals surface area contributed by atoms with E-state index in [0.29, 0.717) is 11.6 Å². The van der Waals surface area contributed by atoms with Crippen LogP contribution in [0, 0.1) is 6.92 Å². The van der Waals surface area contributed by atoms with Crippen LogP contribution in [0.1, 0.15) is 34.0 Å². The van der Waals surface area contributed by atoms with Gasteiger partial charge in [-0.25, -0.2) is 4.68 Å². The smallest absolute Gasteiger partial charge is 0.272 e. The summed E-state index contributed by atoms with van der Waals surface area (Å²) in [4.78, 5) is 12.5. The van der Waals surface area contributed by atoms with Crippen molar-refractivity contribution >= 4 is 5.91 Å². The molecular weight excluding hydrogens is 326 g/mol. The maximum Gasteiger partial charge on any atom is 0.272 e. The predicted octanol–water partition coefficient (Wildman–Crippen LogP) is 3.48. The van der Waals surface area contributed by atoms with Gasteiger partial charge in [0.25, 0.3) is 5.91 Å². The van der Waals surface area contributed by atoms with E-state index in [-0.39, 0.29) is 11.9 Å². The van der Waals surface area contributed by atoms with Gasteiger partial charge in [-0.1, -0.05) is 36.4 Å². The lowest BCUT2D eigenvalue weighted by Gasteiger charge is -2.09. The van der Waals surface area contributed by atoms with Crippen molar-refractivity contribution in [3.8, 4) is 11.4 Å². The fourth-order valence-electron chi connectivity index (χ4n) is 3.22. The van der Waals surface area contributed by atoms with Crippen LogP contribution in [0.4, 0.5) is 0 Å². The minimum atomic E-state index is -0.140. The molecule has 1 amide bonds. The van der Waals surface area contributed by atoms with Crippen molar-refractivity contribution in [3.63, 3.8) is 0 Å².